The lowest BCUT2D eigenvalue weighted by Gasteiger charge is -2.16. The van der Waals surface area contributed by atoms with E-state index in [1.54, 1.807) is 0 Å². The maximum atomic E-state index is 11.7. The third kappa shape index (κ3) is 2.31. The number of imide groups is 1. The van der Waals surface area contributed by atoms with E-state index in [1.807, 2.05) is 32.0 Å². The predicted octanol–water partition coefficient (Wildman–Crippen LogP) is 2.45. The number of carbonyl (C=O) groups excluding carboxylic acids is 2. The number of hydrogen-bond acceptors (Lipinski definition) is 2. The number of amides is 2. The van der Waals surface area contributed by atoms with Crippen LogP contribution in [0.2, 0.25) is 0 Å². The number of rotatable bonds is 2. The maximum absolute atomic E-state index is 11.7. The lowest BCUT2D eigenvalue weighted by molar-refractivity contribution is -0.137. The average Bonchev–Trinajstić information content (AvgIpc) is 2.48. The lowest BCUT2D eigenvalue weighted by Crippen LogP contribution is -2.30. The summed E-state index contributed by atoms with van der Waals surface area (Å²) in [6, 6.07) is 5.98. The predicted molar refractivity (Wildman–Crippen MR) is 68.5 cm³/mol. The quantitative estimate of drug-likeness (QED) is 0.786. The van der Waals surface area contributed by atoms with Crippen molar-refractivity contribution in [1.29, 1.82) is 0 Å². The van der Waals surface area contributed by atoms with Gasteiger partial charge in [0.25, 0.3) is 11.8 Å². The number of hydrogen-bond donors (Lipinski definition) is 0. The fourth-order valence-electron chi connectivity index (χ4n) is 1.82. The van der Waals surface area contributed by atoms with Gasteiger partial charge in [-0.1, -0.05) is 23.8 Å². The number of nitrogens with zero attached hydrogens (tertiary/aromatic N) is 1. The van der Waals surface area contributed by atoms with Crippen molar-refractivity contribution in [1.82, 2.24) is 4.90 Å². The normalized spacial score (nSPS) is 15.5. The van der Waals surface area contributed by atoms with Gasteiger partial charge in [-0.15, -0.1) is 0 Å². The first kappa shape index (κ1) is 12.0. The molecule has 4 heteroatoms. The van der Waals surface area contributed by atoms with Gasteiger partial charge < -0.3 is 0 Å². The third-order valence-electron chi connectivity index (χ3n) is 2.79. The molecule has 2 rings (SSSR count). The van der Waals surface area contributed by atoms with E-state index < -0.39 is 0 Å². The number of carbonyl (C=O) groups is 2. The molecule has 0 saturated heterocycles. The van der Waals surface area contributed by atoms with Crippen LogP contribution >= 0.6 is 15.9 Å². The van der Waals surface area contributed by atoms with Crippen molar-refractivity contribution in [2.24, 2.45) is 0 Å². The van der Waals surface area contributed by atoms with Crippen molar-refractivity contribution in [2.75, 3.05) is 0 Å². The summed E-state index contributed by atoms with van der Waals surface area (Å²) >= 11 is 3.08. The van der Waals surface area contributed by atoms with Crippen LogP contribution in [0.25, 0.3) is 0 Å². The number of benzene rings is 1. The highest BCUT2D eigenvalue weighted by atomic mass is 79.9. The van der Waals surface area contributed by atoms with Crippen molar-refractivity contribution < 1.29 is 9.59 Å². The highest BCUT2D eigenvalue weighted by molar-refractivity contribution is 9.12. The molecule has 0 spiro atoms. The van der Waals surface area contributed by atoms with Gasteiger partial charge in [-0.3, -0.25) is 14.5 Å². The summed E-state index contributed by atoms with van der Waals surface area (Å²) in [5, 5.41) is 0. The Hall–Kier alpha value is -1.42. The SMILES string of the molecule is Cc1ccc(CN2C(=O)C=C(Br)C2=O)c(C)c1. The molecule has 0 radical (unpaired) electrons. The molecule has 0 unspecified atom stereocenters. The van der Waals surface area contributed by atoms with Crippen LogP contribution in [0.3, 0.4) is 0 Å². The summed E-state index contributed by atoms with van der Waals surface area (Å²) in [6.45, 7) is 4.33. The Labute approximate surface area is 108 Å². The smallest absolute Gasteiger partial charge is 0.268 e. The van der Waals surface area contributed by atoms with Gasteiger partial charge in [0.2, 0.25) is 0 Å². The van der Waals surface area contributed by atoms with E-state index in [4.69, 9.17) is 0 Å². The van der Waals surface area contributed by atoms with E-state index in [0.29, 0.717) is 11.0 Å². The minimum Gasteiger partial charge on any atom is -0.270 e. The first-order valence-electron chi connectivity index (χ1n) is 5.28. The van der Waals surface area contributed by atoms with Crippen LogP contribution in [0.1, 0.15) is 16.7 Å². The van der Waals surface area contributed by atoms with Gasteiger partial charge in [-0.2, -0.15) is 0 Å². The second-order valence-electron chi connectivity index (χ2n) is 4.15. The van der Waals surface area contributed by atoms with E-state index in [9.17, 15) is 9.59 Å². The zero-order valence-electron chi connectivity index (χ0n) is 9.66. The average molecular weight is 294 g/mol. The van der Waals surface area contributed by atoms with Gasteiger partial charge >= 0.3 is 0 Å². The summed E-state index contributed by atoms with van der Waals surface area (Å²) in [5.74, 6) is -0.531. The molecule has 0 bridgehead atoms. The van der Waals surface area contributed by atoms with Crippen LogP contribution in [-0.4, -0.2) is 16.7 Å². The monoisotopic (exact) mass is 293 g/mol. The highest BCUT2D eigenvalue weighted by Crippen LogP contribution is 2.21. The minimum absolute atomic E-state index is 0.262. The molecule has 88 valence electrons. The molecule has 0 aliphatic carbocycles. The van der Waals surface area contributed by atoms with Gasteiger partial charge in [0.1, 0.15) is 0 Å². The van der Waals surface area contributed by atoms with Crippen molar-refractivity contribution in [2.45, 2.75) is 20.4 Å². The molecule has 1 aromatic rings. The molecule has 17 heavy (non-hydrogen) atoms. The van der Waals surface area contributed by atoms with Gasteiger partial charge in [-0.05, 0) is 40.9 Å². The van der Waals surface area contributed by atoms with Crippen molar-refractivity contribution in [3.8, 4) is 0 Å². The molecule has 0 N–H and O–H groups in total. The Morgan fingerprint density at radius 2 is 1.94 bits per heavy atom. The second-order valence-corrected chi connectivity index (χ2v) is 5.01. The summed E-state index contributed by atoms with van der Waals surface area (Å²) in [6.07, 6.45) is 1.31. The number of halogens is 1. The maximum Gasteiger partial charge on any atom is 0.268 e. The Morgan fingerprint density at radius 1 is 1.24 bits per heavy atom. The van der Waals surface area contributed by atoms with Gasteiger partial charge in [0, 0.05) is 6.08 Å². The summed E-state index contributed by atoms with van der Waals surface area (Å²) in [4.78, 5) is 24.5. The first-order valence-corrected chi connectivity index (χ1v) is 6.07. The van der Waals surface area contributed by atoms with E-state index in [-0.39, 0.29) is 11.8 Å². The third-order valence-corrected chi connectivity index (χ3v) is 3.36. The molecular formula is C13H12BrNO2. The fourth-order valence-corrected chi connectivity index (χ4v) is 2.23. The van der Waals surface area contributed by atoms with Crippen LogP contribution in [-0.2, 0) is 16.1 Å². The van der Waals surface area contributed by atoms with Crippen LogP contribution in [0.5, 0.6) is 0 Å². The molecule has 0 fully saturated rings. The van der Waals surface area contributed by atoms with Crippen molar-refractivity contribution in [3.63, 3.8) is 0 Å². The van der Waals surface area contributed by atoms with Crippen LogP contribution in [0.15, 0.2) is 28.8 Å². The minimum atomic E-state index is -0.269. The molecular weight excluding hydrogens is 282 g/mol. The summed E-state index contributed by atoms with van der Waals surface area (Å²) in [5.41, 5.74) is 3.26. The molecule has 3 nitrogen and oxygen atoms in total. The van der Waals surface area contributed by atoms with E-state index >= 15 is 0 Å². The Bertz CT molecular complexity index is 534. The lowest BCUT2D eigenvalue weighted by atomic mass is 10.1. The Morgan fingerprint density at radius 3 is 2.47 bits per heavy atom. The van der Waals surface area contributed by atoms with Crippen molar-refractivity contribution >= 4 is 27.7 Å². The topological polar surface area (TPSA) is 37.4 Å². The molecule has 0 saturated carbocycles. The molecule has 1 aromatic carbocycles. The van der Waals surface area contributed by atoms with Gasteiger partial charge in [-0.25, -0.2) is 0 Å². The second kappa shape index (κ2) is 4.45. The highest BCUT2D eigenvalue weighted by Gasteiger charge is 2.29. The van der Waals surface area contributed by atoms with Gasteiger partial charge in [0.05, 0.1) is 11.0 Å². The van der Waals surface area contributed by atoms with Crippen LogP contribution < -0.4 is 0 Å². The first-order chi connectivity index (χ1) is 7.99. The Balaban J connectivity index is 2.23. The zero-order valence-corrected chi connectivity index (χ0v) is 11.2. The van der Waals surface area contributed by atoms with E-state index in [0.717, 1.165) is 11.1 Å². The standard InChI is InChI=1S/C13H12BrNO2/c1-8-3-4-10(9(2)5-8)7-15-12(16)6-11(14)13(15)17/h3-6H,7H2,1-2H3. The Kier molecular flexibility index (Phi) is 3.15. The molecule has 2 amide bonds. The molecule has 0 atom stereocenters. The van der Waals surface area contributed by atoms with Crippen LogP contribution in [0.4, 0.5) is 0 Å². The van der Waals surface area contributed by atoms with Crippen LogP contribution in [0, 0.1) is 13.8 Å². The summed E-state index contributed by atoms with van der Waals surface area (Å²) < 4.78 is 0.326. The van der Waals surface area contributed by atoms with Gasteiger partial charge in [0.15, 0.2) is 0 Å². The molecule has 0 aromatic heterocycles. The van der Waals surface area contributed by atoms with Crippen molar-refractivity contribution in [3.05, 3.63) is 45.4 Å². The molecule has 1 heterocycles. The molecule has 1 aliphatic rings. The largest absolute Gasteiger partial charge is 0.270 e. The molecule has 1 aliphatic heterocycles. The zero-order chi connectivity index (χ0) is 12.6. The van der Waals surface area contributed by atoms with E-state index in [1.165, 1.54) is 16.5 Å². The fraction of sp³-hybridized carbons (Fsp3) is 0.231. The van der Waals surface area contributed by atoms with E-state index in [2.05, 4.69) is 15.9 Å². The number of aryl methyl sites for hydroxylation is 2. The summed E-state index contributed by atoms with van der Waals surface area (Å²) in [7, 11) is 0.